The van der Waals surface area contributed by atoms with Crippen molar-refractivity contribution < 1.29 is 14.3 Å². The lowest BCUT2D eigenvalue weighted by molar-refractivity contribution is 0.0996. The van der Waals surface area contributed by atoms with E-state index in [1.807, 2.05) is 17.5 Å². The van der Waals surface area contributed by atoms with Gasteiger partial charge in [0.05, 0.1) is 16.1 Å². The van der Waals surface area contributed by atoms with Crippen molar-refractivity contribution in [3.05, 3.63) is 76.5 Å². The van der Waals surface area contributed by atoms with Crippen LogP contribution in [-0.2, 0) is 0 Å². The Kier molecular flexibility index (Phi) is 6.04. The maximum Gasteiger partial charge on any atom is 0.268 e. The minimum absolute atomic E-state index is 0.0736. The molecule has 3 rings (SSSR count). The summed E-state index contributed by atoms with van der Waals surface area (Å²) in [4.78, 5) is 27.5. The van der Waals surface area contributed by atoms with E-state index in [0.29, 0.717) is 27.6 Å². The zero-order valence-corrected chi connectivity index (χ0v) is 15.9. The van der Waals surface area contributed by atoms with Crippen LogP contribution >= 0.6 is 11.3 Å². The van der Waals surface area contributed by atoms with Crippen LogP contribution in [0, 0.1) is 11.3 Å². The smallest absolute Gasteiger partial charge is 0.268 e. The molecule has 1 aromatic heterocycles. The monoisotopic (exact) mass is 391 g/mol. The fourth-order valence-corrected chi connectivity index (χ4v) is 3.31. The van der Waals surface area contributed by atoms with E-state index in [1.54, 1.807) is 61.6 Å². The van der Waals surface area contributed by atoms with Crippen LogP contribution in [0.15, 0.2) is 66.0 Å². The maximum absolute atomic E-state index is 12.8. The highest BCUT2D eigenvalue weighted by atomic mass is 32.1. The van der Waals surface area contributed by atoms with Gasteiger partial charge in [0.25, 0.3) is 11.8 Å². The molecule has 6 nitrogen and oxygen atoms in total. The molecule has 2 amide bonds. The first kappa shape index (κ1) is 19.1. The fourth-order valence-electron chi connectivity index (χ4n) is 2.61. The Hall–Kier alpha value is -3.63. The van der Waals surface area contributed by atoms with Crippen molar-refractivity contribution >= 4 is 34.5 Å². The lowest BCUT2D eigenvalue weighted by Crippen LogP contribution is -2.28. The van der Waals surface area contributed by atoms with Crippen LogP contribution in [0.2, 0.25) is 0 Å². The van der Waals surface area contributed by atoms with Crippen molar-refractivity contribution in [2.45, 2.75) is 0 Å². The maximum atomic E-state index is 12.8. The second kappa shape index (κ2) is 8.84. The minimum atomic E-state index is -0.348. The number of nitrogens with one attached hydrogen (secondary N) is 1. The Bertz CT molecular complexity index is 1030. The highest BCUT2D eigenvalue weighted by molar-refractivity contribution is 7.12. The summed E-state index contributed by atoms with van der Waals surface area (Å²) in [5.41, 5.74) is 1.41. The molecule has 0 fully saturated rings. The van der Waals surface area contributed by atoms with Gasteiger partial charge in [0.1, 0.15) is 11.8 Å². The zero-order chi connectivity index (χ0) is 19.9. The highest BCUT2D eigenvalue weighted by Gasteiger charge is 2.20. The van der Waals surface area contributed by atoms with Crippen molar-refractivity contribution in [1.82, 2.24) is 0 Å². The number of hydrogen-bond donors (Lipinski definition) is 1. The summed E-state index contributed by atoms with van der Waals surface area (Å²) in [6.45, 7) is -0.0736. The van der Waals surface area contributed by atoms with Crippen LogP contribution in [0.25, 0.3) is 0 Å². The number of nitrogens with zero attached hydrogens (tertiary/aromatic N) is 2. The number of ether oxygens (including phenoxy) is 1. The molecule has 2 aromatic carbocycles. The predicted octanol–water partition coefficient (Wildman–Crippen LogP) is 4.18. The van der Waals surface area contributed by atoms with Crippen molar-refractivity contribution in [1.29, 1.82) is 5.26 Å². The Morgan fingerprint density at radius 3 is 2.71 bits per heavy atom. The van der Waals surface area contributed by atoms with E-state index in [-0.39, 0.29) is 18.4 Å². The molecule has 0 bridgehead atoms. The quantitative estimate of drug-likeness (QED) is 0.683. The van der Waals surface area contributed by atoms with Crippen LogP contribution in [0.5, 0.6) is 5.75 Å². The summed E-state index contributed by atoms with van der Waals surface area (Å²) in [6.07, 6.45) is 0. The van der Waals surface area contributed by atoms with Crippen LogP contribution in [0.4, 0.5) is 11.4 Å². The van der Waals surface area contributed by atoms with Crippen molar-refractivity contribution in [3.8, 4) is 11.8 Å². The first-order chi connectivity index (χ1) is 13.6. The molecule has 0 atom stereocenters. The lowest BCUT2D eigenvalue weighted by Gasteiger charge is -2.20. The lowest BCUT2D eigenvalue weighted by atomic mass is 10.1. The third-order valence-electron chi connectivity index (χ3n) is 3.94. The summed E-state index contributed by atoms with van der Waals surface area (Å²) in [5.74, 6) is -0.0429. The van der Waals surface area contributed by atoms with E-state index in [4.69, 9.17) is 10.00 Å². The Morgan fingerprint density at radius 2 is 1.96 bits per heavy atom. The van der Waals surface area contributed by atoms with Crippen LogP contribution in [0.3, 0.4) is 0 Å². The van der Waals surface area contributed by atoms with Gasteiger partial charge in [-0.2, -0.15) is 5.26 Å². The molecule has 1 N–H and O–H groups in total. The van der Waals surface area contributed by atoms with Gasteiger partial charge in [-0.3, -0.25) is 9.59 Å². The molecule has 0 aliphatic rings. The number of hydrogen-bond acceptors (Lipinski definition) is 5. The molecule has 0 saturated heterocycles. The van der Waals surface area contributed by atoms with E-state index in [1.165, 1.54) is 16.2 Å². The van der Waals surface area contributed by atoms with Gasteiger partial charge in [0.15, 0.2) is 6.61 Å². The van der Waals surface area contributed by atoms with Crippen molar-refractivity contribution in [2.24, 2.45) is 0 Å². The van der Waals surface area contributed by atoms with Gasteiger partial charge in [-0.1, -0.05) is 24.3 Å². The topological polar surface area (TPSA) is 82.4 Å². The van der Waals surface area contributed by atoms with Crippen molar-refractivity contribution in [3.63, 3.8) is 0 Å². The van der Waals surface area contributed by atoms with E-state index in [0.717, 1.165) is 0 Å². The molecule has 0 spiro atoms. The minimum Gasteiger partial charge on any atom is -0.479 e. The number of rotatable bonds is 6. The number of carbonyl (C=O) groups excluding carboxylic acids is 2. The number of para-hydroxylation sites is 1. The number of thiophene rings is 1. The number of nitriles is 1. The van der Waals surface area contributed by atoms with Gasteiger partial charge in [-0.05, 0) is 35.7 Å². The number of carbonyl (C=O) groups is 2. The fraction of sp³-hybridized carbons (Fsp3) is 0.0952. The summed E-state index contributed by atoms with van der Waals surface area (Å²) in [5, 5.41) is 13.3. The molecule has 0 aliphatic heterocycles. The average molecular weight is 391 g/mol. The normalized spacial score (nSPS) is 10.0. The van der Waals surface area contributed by atoms with E-state index >= 15 is 0 Å². The molecule has 7 heteroatoms. The van der Waals surface area contributed by atoms with Gasteiger partial charge in [-0.15, -0.1) is 11.3 Å². The summed E-state index contributed by atoms with van der Waals surface area (Å²) in [6, 6.07) is 19.2. The van der Waals surface area contributed by atoms with Gasteiger partial charge < -0.3 is 15.0 Å². The second-order valence-corrected chi connectivity index (χ2v) is 6.74. The Balaban J connectivity index is 1.81. The Labute approximate surface area is 166 Å². The number of benzene rings is 2. The molecule has 3 aromatic rings. The zero-order valence-electron chi connectivity index (χ0n) is 15.1. The molecule has 0 saturated carbocycles. The SMILES string of the molecule is CN(C(=O)c1cccs1)c1ccccc1C(=O)Nc1cccc(OCC#N)c1. The van der Waals surface area contributed by atoms with Gasteiger partial charge >= 0.3 is 0 Å². The number of amides is 2. The first-order valence-corrected chi connectivity index (χ1v) is 9.30. The molecule has 0 unspecified atom stereocenters. The van der Waals surface area contributed by atoms with E-state index < -0.39 is 0 Å². The van der Waals surface area contributed by atoms with Crippen LogP contribution in [-0.4, -0.2) is 25.5 Å². The first-order valence-electron chi connectivity index (χ1n) is 8.42. The molecule has 140 valence electrons. The third-order valence-corrected chi connectivity index (χ3v) is 4.80. The highest BCUT2D eigenvalue weighted by Crippen LogP contribution is 2.24. The predicted molar refractivity (Wildman–Crippen MR) is 109 cm³/mol. The Morgan fingerprint density at radius 1 is 1.14 bits per heavy atom. The molecule has 0 aliphatic carbocycles. The van der Waals surface area contributed by atoms with Gasteiger partial charge in [-0.25, -0.2) is 0 Å². The van der Waals surface area contributed by atoms with Gasteiger partial charge in [0.2, 0.25) is 0 Å². The summed E-state index contributed by atoms with van der Waals surface area (Å²) < 4.78 is 5.25. The van der Waals surface area contributed by atoms with Gasteiger partial charge in [0, 0.05) is 18.8 Å². The molecular weight excluding hydrogens is 374 g/mol. The summed E-state index contributed by atoms with van der Waals surface area (Å²) >= 11 is 1.35. The molecule has 28 heavy (non-hydrogen) atoms. The van der Waals surface area contributed by atoms with E-state index in [9.17, 15) is 9.59 Å². The second-order valence-electron chi connectivity index (χ2n) is 5.79. The average Bonchev–Trinajstić information content (AvgIpc) is 3.26. The molecule has 0 radical (unpaired) electrons. The largest absolute Gasteiger partial charge is 0.479 e. The van der Waals surface area contributed by atoms with Crippen LogP contribution in [0.1, 0.15) is 20.0 Å². The standard InChI is InChI=1S/C21H17N3O3S/c1-24(21(26)19-10-5-13-28-19)18-9-3-2-8-17(18)20(25)23-15-6-4-7-16(14-15)27-12-11-22/h2-10,13-14H,12H2,1H3,(H,23,25). The van der Waals surface area contributed by atoms with Crippen molar-refractivity contribution in [2.75, 3.05) is 23.9 Å². The third kappa shape index (κ3) is 4.37. The molecule has 1 heterocycles. The summed E-state index contributed by atoms with van der Waals surface area (Å²) in [7, 11) is 1.64. The van der Waals surface area contributed by atoms with Crippen LogP contribution < -0.4 is 15.0 Å². The van der Waals surface area contributed by atoms with E-state index in [2.05, 4.69) is 5.32 Å². The number of anilines is 2. The molecular formula is C21H17N3O3S.